The molecule has 0 amide bonds. The predicted molar refractivity (Wildman–Crippen MR) is 217 cm³/mol. The maximum Gasteiger partial charge on any atom is 0.472 e. The molecule has 0 aromatic heterocycles. The molecule has 0 fully saturated rings. The molecule has 310 valence electrons. The van der Waals surface area contributed by atoms with Gasteiger partial charge in [0.1, 0.15) is 12.1 Å². The first kappa shape index (κ1) is 51.2. The molecule has 1 unspecified atom stereocenters. The van der Waals surface area contributed by atoms with Gasteiger partial charge < -0.3 is 25.2 Å². The van der Waals surface area contributed by atoms with Gasteiger partial charge in [0.25, 0.3) is 0 Å². The zero-order valence-electron chi connectivity index (χ0n) is 33.6. The molecule has 0 aliphatic rings. The zero-order valence-corrected chi connectivity index (χ0v) is 34.5. The van der Waals surface area contributed by atoms with Crippen LogP contribution in [0.15, 0.2) is 36.5 Å². The number of carbonyl (C=O) groups is 2. The fourth-order valence-corrected chi connectivity index (χ4v) is 6.39. The van der Waals surface area contributed by atoms with Crippen molar-refractivity contribution in [2.45, 2.75) is 193 Å². The number of carbonyl (C=O) groups excluding carboxylic acids is 1. The molecule has 0 aliphatic carbocycles. The van der Waals surface area contributed by atoms with Crippen LogP contribution in [-0.2, 0) is 32.7 Å². The number of hydrogen-bond acceptors (Lipinski definition) is 8. The number of allylic oxidation sites excluding steroid dienone is 6. The summed E-state index contributed by atoms with van der Waals surface area (Å²) in [5, 5.41) is 8.88. The normalized spacial score (nSPS) is 14.3. The summed E-state index contributed by atoms with van der Waals surface area (Å²) in [6.07, 6.45) is 42.0. The summed E-state index contributed by atoms with van der Waals surface area (Å²) in [5.74, 6) is -1.82. The van der Waals surface area contributed by atoms with E-state index in [1.807, 2.05) is 0 Å². The van der Waals surface area contributed by atoms with Crippen LogP contribution in [-0.4, -0.2) is 60.5 Å². The van der Waals surface area contributed by atoms with Gasteiger partial charge in [0, 0.05) is 13.0 Å². The summed E-state index contributed by atoms with van der Waals surface area (Å²) >= 11 is 0. The third kappa shape index (κ3) is 38.3. The quantitative estimate of drug-likeness (QED) is 0.0237. The molecule has 11 heteroatoms. The third-order valence-electron chi connectivity index (χ3n) is 8.92. The van der Waals surface area contributed by atoms with Gasteiger partial charge in [0.15, 0.2) is 0 Å². The number of unbranched alkanes of at least 4 members (excludes halogenated alkanes) is 20. The molecule has 0 radical (unpaired) electrons. The van der Waals surface area contributed by atoms with E-state index in [9.17, 15) is 19.0 Å². The topological polar surface area (TPSA) is 155 Å². The lowest BCUT2D eigenvalue weighted by molar-refractivity contribution is -0.154. The SMILES string of the molecule is CCCCC/C=C\C/C=C\C/C=C\CCCCC(=O)O[C@H](COCCCCCCCCCCCCCCCCCC)COP(=O)(O)OC[C@H](N)C(=O)O. The van der Waals surface area contributed by atoms with Crippen molar-refractivity contribution in [2.24, 2.45) is 5.73 Å². The second kappa shape index (κ2) is 38.5. The number of nitrogens with two attached hydrogens (primary N) is 1. The van der Waals surface area contributed by atoms with Crippen LogP contribution in [0.5, 0.6) is 0 Å². The highest BCUT2D eigenvalue weighted by Gasteiger charge is 2.27. The van der Waals surface area contributed by atoms with Crippen molar-refractivity contribution in [2.75, 3.05) is 26.4 Å². The Kier molecular flexibility index (Phi) is 37.2. The lowest BCUT2D eigenvalue weighted by Gasteiger charge is -2.20. The van der Waals surface area contributed by atoms with E-state index in [1.54, 1.807) is 0 Å². The van der Waals surface area contributed by atoms with E-state index in [0.29, 0.717) is 13.0 Å². The highest BCUT2D eigenvalue weighted by Crippen LogP contribution is 2.43. The number of rotatable bonds is 40. The predicted octanol–water partition coefficient (Wildman–Crippen LogP) is 11.3. The fraction of sp³-hybridized carbons (Fsp3) is 0.810. The summed E-state index contributed by atoms with van der Waals surface area (Å²) < 4.78 is 33.3. The Hall–Kier alpha value is -1.81. The van der Waals surface area contributed by atoms with Crippen LogP contribution >= 0.6 is 7.82 Å². The molecule has 0 aromatic carbocycles. The molecule has 0 saturated carbocycles. The van der Waals surface area contributed by atoms with Crippen LogP contribution in [0.25, 0.3) is 0 Å². The lowest BCUT2D eigenvalue weighted by atomic mass is 10.0. The van der Waals surface area contributed by atoms with Crippen molar-refractivity contribution >= 4 is 19.8 Å². The van der Waals surface area contributed by atoms with Gasteiger partial charge in [-0.2, -0.15) is 0 Å². The van der Waals surface area contributed by atoms with E-state index in [-0.39, 0.29) is 13.0 Å². The van der Waals surface area contributed by atoms with E-state index >= 15 is 0 Å². The van der Waals surface area contributed by atoms with Crippen LogP contribution in [0.3, 0.4) is 0 Å². The Balaban J connectivity index is 4.31. The van der Waals surface area contributed by atoms with E-state index < -0.39 is 45.1 Å². The summed E-state index contributed by atoms with van der Waals surface area (Å²) in [4.78, 5) is 33.5. The number of hydrogen-bond donors (Lipinski definition) is 3. The molecule has 0 bridgehead atoms. The Morgan fingerprint density at radius 1 is 0.604 bits per heavy atom. The summed E-state index contributed by atoms with van der Waals surface area (Å²) in [5.41, 5.74) is 5.35. The van der Waals surface area contributed by atoms with Crippen LogP contribution < -0.4 is 5.73 Å². The Labute approximate surface area is 323 Å². The maximum atomic E-state index is 12.6. The van der Waals surface area contributed by atoms with Gasteiger partial charge >= 0.3 is 19.8 Å². The van der Waals surface area contributed by atoms with Crippen molar-refractivity contribution in [3.8, 4) is 0 Å². The lowest BCUT2D eigenvalue weighted by Crippen LogP contribution is -2.34. The Morgan fingerprint density at radius 2 is 1.04 bits per heavy atom. The first-order valence-electron chi connectivity index (χ1n) is 21.0. The molecular weight excluding hydrogens is 693 g/mol. The van der Waals surface area contributed by atoms with Gasteiger partial charge in [-0.15, -0.1) is 0 Å². The number of phosphoric ester groups is 1. The van der Waals surface area contributed by atoms with E-state index in [4.69, 9.17) is 29.4 Å². The standard InChI is InChI=1S/C42H78NO9P/c1-3-5-7-9-11-13-15-17-19-21-23-25-27-29-31-33-35-49-36-39(37-50-53(47,48)51-38-40(43)42(45)46)52-41(44)34-32-30-28-26-24-22-20-18-16-14-12-10-8-6-4-2/h12,14,18,20,24,26,39-40H,3-11,13,15-17,19,21-23,25,27-38,43H2,1-2H3,(H,45,46)(H,47,48)/b14-12-,20-18-,26-24-/t39-,40+/m1/s1. The number of aliphatic carboxylic acids is 1. The monoisotopic (exact) mass is 772 g/mol. The summed E-state index contributed by atoms with van der Waals surface area (Å²) in [7, 11) is -4.62. The minimum absolute atomic E-state index is 0.00399. The van der Waals surface area contributed by atoms with Crippen LogP contribution in [0.2, 0.25) is 0 Å². The molecule has 0 saturated heterocycles. The number of esters is 1. The van der Waals surface area contributed by atoms with Crippen LogP contribution in [0, 0.1) is 0 Å². The average Bonchev–Trinajstić information content (AvgIpc) is 3.13. The fourth-order valence-electron chi connectivity index (χ4n) is 5.61. The highest BCUT2D eigenvalue weighted by molar-refractivity contribution is 7.47. The first-order valence-corrected chi connectivity index (χ1v) is 22.5. The second-order valence-electron chi connectivity index (χ2n) is 14.1. The molecule has 53 heavy (non-hydrogen) atoms. The average molecular weight is 772 g/mol. The second-order valence-corrected chi connectivity index (χ2v) is 15.6. The number of carboxylic acid groups (broad SMARTS) is 1. The molecule has 0 aromatic rings. The van der Waals surface area contributed by atoms with Crippen molar-refractivity contribution < 1.29 is 42.7 Å². The molecule has 4 N–H and O–H groups in total. The van der Waals surface area contributed by atoms with Gasteiger partial charge in [0.05, 0.1) is 19.8 Å². The molecule has 0 spiro atoms. The van der Waals surface area contributed by atoms with E-state index in [2.05, 4.69) is 50.3 Å². The first-order chi connectivity index (χ1) is 25.7. The van der Waals surface area contributed by atoms with Gasteiger partial charge in [-0.3, -0.25) is 18.6 Å². The Bertz CT molecular complexity index is 988. The van der Waals surface area contributed by atoms with Crippen molar-refractivity contribution in [3.05, 3.63) is 36.5 Å². The van der Waals surface area contributed by atoms with Crippen molar-refractivity contribution in [1.82, 2.24) is 0 Å². The molecule has 0 rings (SSSR count). The molecule has 10 nitrogen and oxygen atoms in total. The minimum atomic E-state index is -4.62. The third-order valence-corrected chi connectivity index (χ3v) is 9.87. The number of carboxylic acids is 1. The van der Waals surface area contributed by atoms with Gasteiger partial charge in [-0.05, 0) is 51.4 Å². The number of phosphoric acid groups is 1. The molecular formula is C42H78NO9P. The highest BCUT2D eigenvalue weighted by atomic mass is 31.2. The maximum absolute atomic E-state index is 12.6. The van der Waals surface area contributed by atoms with Gasteiger partial charge in [-0.1, -0.05) is 159 Å². The molecule has 0 heterocycles. The van der Waals surface area contributed by atoms with Crippen molar-refractivity contribution in [1.29, 1.82) is 0 Å². The zero-order chi connectivity index (χ0) is 39.1. The Morgan fingerprint density at radius 3 is 1.55 bits per heavy atom. The largest absolute Gasteiger partial charge is 0.480 e. The van der Waals surface area contributed by atoms with Crippen LogP contribution in [0.4, 0.5) is 0 Å². The summed E-state index contributed by atoms with van der Waals surface area (Å²) in [6, 6.07) is -1.48. The molecule has 0 aliphatic heterocycles. The van der Waals surface area contributed by atoms with Gasteiger partial charge in [0.2, 0.25) is 0 Å². The smallest absolute Gasteiger partial charge is 0.472 e. The minimum Gasteiger partial charge on any atom is -0.480 e. The van der Waals surface area contributed by atoms with Crippen LogP contribution in [0.1, 0.15) is 181 Å². The number of ether oxygens (including phenoxy) is 2. The van der Waals surface area contributed by atoms with Gasteiger partial charge in [-0.25, -0.2) is 4.57 Å². The van der Waals surface area contributed by atoms with Crippen molar-refractivity contribution in [3.63, 3.8) is 0 Å². The summed E-state index contributed by atoms with van der Waals surface area (Å²) in [6.45, 7) is 3.81. The molecule has 3 atom stereocenters. The van der Waals surface area contributed by atoms with E-state index in [0.717, 1.165) is 51.4 Å². The van der Waals surface area contributed by atoms with E-state index in [1.165, 1.54) is 103 Å².